The molecule has 0 fully saturated rings. The summed E-state index contributed by atoms with van der Waals surface area (Å²) in [4.78, 5) is 0. The molecule has 1 atom stereocenters. The summed E-state index contributed by atoms with van der Waals surface area (Å²) in [5, 5.41) is 10.6. The van der Waals surface area contributed by atoms with Crippen molar-refractivity contribution in [3.63, 3.8) is 0 Å². The standard InChI is InChI=1S/C15H21BrO3/c1-4-15(2,3)14(17)10-8-12-13(9-11(10)16)19-7-5-6-18-12/h8-9,14,17H,4-7H2,1-3H3. The minimum absolute atomic E-state index is 0.178. The van der Waals surface area contributed by atoms with Crippen LogP contribution >= 0.6 is 15.9 Å². The fourth-order valence-corrected chi connectivity index (χ4v) is 2.56. The van der Waals surface area contributed by atoms with Crippen molar-refractivity contribution in [3.05, 3.63) is 22.2 Å². The van der Waals surface area contributed by atoms with Crippen LogP contribution in [0.1, 0.15) is 45.3 Å². The van der Waals surface area contributed by atoms with Crippen LogP contribution in [0.15, 0.2) is 16.6 Å². The second-order valence-electron chi connectivity index (χ2n) is 5.62. The fraction of sp³-hybridized carbons (Fsp3) is 0.600. The molecule has 1 unspecified atom stereocenters. The smallest absolute Gasteiger partial charge is 0.162 e. The maximum absolute atomic E-state index is 10.6. The Morgan fingerprint density at radius 2 is 1.84 bits per heavy atom. The molecule has 1 heterocycles. The number of benzene rings is 1. The van der Waals surface area contributed by atoms with Gasteiger partial charge in [0.2, 0.25) is 0 Å². The van der Waals surface area contributed by atoms with Crippen LogP contribution in [0.5, 0.6) is 11.5 Å². The van der Waals surface area contributed by atoms with E-state index >= 15 is 0 Å². The van der Waals surface area contributed by atoms with Crippen molar-refractivity contribution >= 4 is 15.9 Å². The zero-order valence-electron chi connectivity index (χ0n) is 11.7. The van der Waals surface area contributed by atoms with Crippen LogP contribution in [0.25, 0.3) is 0 Å². The van der Waals surface area contributed by atoms with E-state index in [0.717, 1.165) is 34.4 Å². The van der Waals surface area contributed by atoms with Gasteiger partial charge in [-0.05, 0) is 29.5 Å². The van der Waals surface area contributed by atoms with Crippen molar-refractivity contribution in [2.75, 3.05) is 13.2 Å². The zero-order valence-corrected chi connectivity index (χ0v) is 13.3. The molecule has 0 bridgehead atoms. The van der Waals surface area contributed by atoms with Gasteiger partial charge in [0.05, 0.1) is 19.3 Å². The molecule has 0 saturated carbocycles. The van der Waals surface area contributed by atoms with E-state index in [1.807, 2.05) is 12.1 Å². The van der Waals surface area contributed by atoms with E-state index in [1.54, 1.807) is 0 Å². The predicted octanol–water partition coefficient (Wildman–Crippen LogP) is 4.08. The Morgan fingerprint density at radius 1 is 1.26 bits per heavy atom. The number of hydrogen-bond acceptors (Lipinski definition) is 3. The highest BCUT2D eigenvalue weighted by atomic mass is 79.9. The van der Waals surface area contributed by atoms with Crippen LogP contribution in [0.2, 0.25) is 0 Å². The van der Waals surface area contributed by atoms with Crippen LogP contribution < -0.4 is 9.47 Å². The number of fused-ring (bicyclic) bond motifs is 1. The molecule has 1 aliphatic heterocycles. The third-order valence-electron chi connectivity index (χ3n) is 3.81. The summed E-state index contributed by atoms with van der Waals surface area (Å²) in [5.41, 5.74) is 0.679. The molecule has 4 heteroatoms. The van der Waals surface area contributed by atoms with Crippen molar-refractivity contribution in [2.45, 2.75) is 39.7 Å². The summed E-state index contributed by atoms with van der Waals surface area (Å²) in [6, 6.07) is 3.79. The predicted molar refractivity (Wildman–Crippen MR) is 78.8 cm³/mol. The lowest BCUT2D eigenvalue weighted by Gasteiger charge is -2.30. The monoisotopic (exact) mass is 328 g/mol. The molecule has 0 aliphatic carbocycles. The maximum Gasteiger partial charge on any atom is 0.162 e. The normalized spacial score (nSPS) is 16.9. The van der Waals surface area contributed by atoms with Gasteiger partial charge in [-0.25, -0.2) is 0 Å². The lowest BCUT2D eigenvalue weighted by atomic mass is 9.80. The molecule has 1 aromatic carbocycles. The molecular weight excluding hydrogens is 308 g/mol. The first-order chi connectivity index (χ1) is 8.95. The van der Waals surface area contributed by atoms with Crippen LogP contribution in [-0.2, 0) is 0 Å². The second kappa shape index (κ2) is 5.71. The van der Waals surface area contributed by atoms with Gasteiger partial charge >= 0.3 is 0 Å². The number of ether oxygens (including phenoxy) is 2. The first-order valence-electron chi connectivity index (χ1n) is 6.73. The van der Waals surface area contributed by atoms with Crippen molar-refractivity contribution in [1.29, 1.82) is 0 Å². The summed E-state index contributed by atoms with van der Waals surface area (Å²) in [6.07, 6.45) is 1.24. The second-order valence-corrected chi connectivity index (χ2v) is 6.47. The first kappa shape index (κ1) is 14.7. The Bertz CT molecular complexity index is 457. The Kier molecular flexibility index (Phi) is 4.41. The molecule has 19 heavy (non-hydrogen) atoms. The molecular formula is C15H21BrO3. The zero-order chi connectivity index (χ0) is 14.0. The molecule has 0 saturated heterocycles. The summed E-state index contributed by atoms with van der Waals surface area (Å²) in [7, 11) is 0. The summed E-state index contributed by atoms with van der Waals surface area (Å²) >= 11 is 3.53. The Morgan fingerprint density at radius 3 is 2.42 bits per heavy atom. The van der Waals surface area contributed by atoms with Crippen molar-refractivity contribution in [2.24, 2.45) is 5.41 Å². The van der Waals surface area contributed by atoms with E-state index in [1.165, 1.54) is 0 Å². The quantitative estimate of drug-likeness (QED) is 0.908. The van der Waals surface area contributed by atoms with Crippen molar-refractivity contribution < 1.29 is 14.6 Å². The SMILES string of the molecule is CCC(C)(C)C(O)c1cc2c(cc1Br)OCCCO2. The van der Waals surface area contributed by atoms with Gasteiger partial charge < -0.3 is 14.6 Å². The molecule has 0 radical (unpaired) electrons. The number of aliphatic hydroxyl groups is 1. The third kappa shape index (κ3) is 3.06. The average Bonchev–Trinajstić information content (AvgIpc) is 2.61. The molecule has 2 rings (SSSR count). The minimum atomic E-state index is -0.538. The van der Waals surface area contributed by atoms with Crippen LogP contribution in [0.3, 0.4) is 0 Å². The van der Waals surface area contributed by atoms with Crippen molar-refractivity contribution in [1.82, 2.24) is 0 Å². The van der Waals surface area contributed by atoms with Crippen LogP contribution in [-0.4, -0.2) is 18.3 Å². The van der Waals surface area contributed by atoms with Crippen LogP contribution in [0.4, 0.5) is 0 Å². The van der Waals surface area contributed by atoms with E-state index in [9.17, 15) is 5.11 Å². The van der Waals surface area contributed by atoms with E-state index in [-0.39, 0.29) is 5.41 Å². The lowest BCUT2D eigenvalue weighted by molar-refractivity contribution is 0.0457. The average molecular weight is 329 g/mol. The van der Waals surface area contributed by atoms with Gasteiger partial charge in [-0.15, -0.1) is 0 Å². The minimum Gasteiger partial charge on any atom is -0.490 e. The molecule has 1 aliphatic rings. The van der Waals surface area contributed by atoms with Gasteiger partial charge in [0, 0.05) is 10.9 Å². The van der Waals surface area contributed by atoms with E-state index in [0.29, 0.717) is 13.2 Å². The maximum atomic E-state index is 10.6. The highest BCUT2D eigenvalue weighted by Crippen LogP contribution is 2.43. The molecule has 0 aromatic heterocycles. The largest absolute Gasteiger partial charge is 0.490 e. The van der Waals surface area contributed by atoms with E-state index in [4.69, 9.17) is 9.47 Å². The third-order valence-corrected chi connectivity index (χ3v) is 4.50. The summed E-state index contributed by atoms with van der Waals surface area (Å²) in [5.74, 6) is 1.47. The van der Waals surface area contributed by atoms with Crippen LogP contribution in [0, 0.1) is 5.41 Å². The van der Waals surface area contributed by atoms with Gasteiger partial charge in [0.25, 0.3) is 0 Å². The molecule has 106 valence electrons. The van der Waals surface area contributed by atoms with Gasteiger partial charge in [-0.2, -0.15) is 0 Å². The highest BCUT2D eigenvalue weighted by Gasteiger charge is 2.30. The summed E-state index contributed by atoms with van der Waals surface area (Å²) in [6.45, 7) is 7.53. The van der Waals surface area contributed by atoms with Crippen molar-refractivity contribution in [3.8, 4) is 11.5 Å². The van der Waals surface area contributed by atoms with Gasteiger partial charge in [0.15, 0.2) is 11.5 Å². The molecule has 1 N–H and O–H groups in total. The van der Waals surface area contributed by atoms with Gasteiger partial charge in [-0.3, -0.25) is 0 Å². The highest BCUT2D eigenvalue weighted by molar-refractivity contribution is 9.10. The molecule has 0 amide bonds. The summed E-state index contributed by atoms with van der Waals surface area (Å²) < 4.78 is 12.2. The number of rotatable bonds is 3. The number of aliphatic hydroxyl groups excluding tert-OH is 1. The molecule has 3 nitrogen and oxygen atoms in total. The Balaban J connectivity index is 2.39. The van der Waals surface area contributed by atoms with Gasteiger partial charge in [-0.1, -0.05) is 36.7 Å². The topological polar surface area (TPSA) is 38.7 Å². The number of halogens is 1. The molecule has 1 aromatic rings. The number of hydrogen-bond donors (Lipinski definition) is 1. The fourth-order valence-electron chi connectivity index (χ4n) is 2.02. The lowest BCUT2D eigenvalue weighted by Crippen LogP contribution is -2.21. The molecule has 0 spiro atoms. The van der Waals surface area contributed by atoms with E-state index < -0.39 is 6.10 Å². The van der Waals surface area contributed by atoms with E-state index in [2.05, 4.69) is 36.7 Å². The first-order valence-corrected chi connectivity index (χ1v) is 7.52. The Hall–Kier alpha value is -0.740. The van der Waals surface area contributed by atoms with Gasteiger partial charge in [0.1, 0.15) is 0 Å². The Labute approximate surface area is 123 Å².